The van der Waals surface area contributed by atoms with Gasteiger partial charge in [0, 0.05) is 11.1 Å². The number of nitrogens with one attached hydrogen (secondary N) is 1. The molecule has 21 heavy (non-hydrogen) atoms. The molecule has 0 saturated carbocycles. The van der Waals surface area contributed by atoms with Crippen LogP contribution in [-0.2, 0) is 17.6 Å². The summed E-state index contributed by atoms with van der Waals surface area (Å²) < 4.78 is 0. The third kappa shape index (κ3) is 2.35. The van der Waals surface area contributed by atoms with Crippen molar-refractivity contribution in [3.8, 4) is 0 Å². The number of nitrogens with zero attached hydrogens (tertiary/aromatic N) is 1. The number of carboxylic acids is 1. The van der Waals surface area contributed by atoms with E-state index in [-0.39, 0.29) is 5.91 Å². The number of aliphatic carboxylic acids is 1. The van der Waals surface area contributed by atoms with Gasteiger partial charge in [-0.3, -0.25) is 14.6 Å². The largest absolute Gasteiger partial charge is 0.480 e. The Labute approximate surface area is 122 Å². The van der Waals surface area contributed by atoms with E-state index in [1.54, 1.807) is 0 Å². The number of benzene rings is 1. The molecule has 0 aliphatic heterocycles. The monoisotopic (exact) mass is 284 g/mol. The molecule has 2 aromatic rings. The van der Waals surface area contributed by atoms with E-state index >= 15 is 0 Å². The fourth-order valence-electron chi connectivity index (χ4n) is 2.80. The Morgan fingerprint density at radius 3 is 2.81 bits per heavy atom. The van der Waals surface area contributed by atoms with Crippen LogP contribution in [0, 0.1) is 0 Å². The maximum Gasteiger partial charge on any atom is 0.325 e. The Kier molecular flexibility index (Phi) is 3.33. The van der Waals surface area contributed by atoms with E-state index in [1.807, 2.05) is 24.3 Å². The van der Waals surface area contributed by atoms with E-state index in [1.165, 1.54) is 6.92 Å². The van der Waals surface area contributed by atoms with Crippen molar-refractivity contribution in [2.75, 3.05) is 0 Å². The summed E-state index contributed by atoms with van der Waals surface area (Å²) in [6, 6.07) is 6.58. The van der Waals surface area contributed by atoms with E-state index in [2.05, 4.69) is 10.3 Å². The fourth-order valence-corrected chi connectivity index (χ4v) is 2.80. The van der Waals surface area contributed by atoms with Gasteiger partial charge in [0.2, 0.25) is 0 Å². The molecule has 2 N–H and O–H groups in total. The zero-order valence-electron chi connectivity index (χ0n) is 11.7. The van der Waals surface area contributed by atoms with Crippen molar-refractivity contribution in [1.29, 1.82) is 0 Å². The van der Waals surface area contributed by atoms with Crippen LogP contribution in [0.4, 0.5) is 0 Å². The van der Waals surface area contributed by atoms with Crippen LogP contribution in [0.2, 0.25) is 0 Å². The molecule has 5 heteroatoms. The molecular weight excluding hydrogens is 268 g/mol. The van der Waals surface area contributed by atoms with Crippen LogP contribution in [0.15, 0.2) is 24.3 Å². The fraction of sp³-hybridized carbons (Fsp3) is 0.312. The average molecular weight is 284 g/mol. The summed E-state index contributed by atoms with van der Waals surface area (Å²) in [5.41, 5.74) is 3.29. The van der Waals surface area contributed by atoms with Crippen LogP contribution in [-0.4, -0.2) is 28.0 Å². The summed E-state index contributed by atoms with van der Waals surface area (Å²) in [5, 5.41) is 12.3. The first-order chi connectivity index (χ1) is 10.1. The van der Waals surface area contributed by atoms with Gasteiger partial charge in [0.05, 0.1) is 11.1 Å². The Balaban J connectivity index is 2.12. The summed E-state index contributed by atoms with van der Waals surface area (Å²) >= 11 is 0. The molecule has 0 radical (unpaired) electrons. The SMILES string of the molecule is C[C@H](NC(=O)c1c2c(nc3ccccc13)CCC2)C(=O)O. The molecule has 0 bridgehead atoms. The molecule has 3 rings (SSSR count). The molecule has 0 fully saturated rings. The number of rotatable bonds is 3. The smallest absolute Gasteiger partial charge is 0.325 e. The summed E-state index contributed by atoms with van der Waals surface area (Å²) in [7, 11) is 0. The van der Waals surface area contributed by atoms with Gasteiger partial charge in [0.25, 0.3) is 5.91 Å². The standard InChI is InChI=1S/C16H16N2O3/c1-9(16(20)21)17-15(19)14-10-5-2-3-7-12(10)18-13-8-4-6-11(13)14/h2-3,5,7,9H,4,6,8H2,1H3,(H,17,19)(H,20,21)/t9-/m0/s1. The van der Waals surface area contributed by atoms with Crippen LogP contribution < -0.4 is 5.32 Å². The molecule has 1 atom stereocenters. The molecule has 5 nitrogen and oxygen atoms in total. The lowest BCUT2D eigenvalue weighted by Crippen LogP contribution is -2.38. The predicted octanol–water partition coefficient (Wildman–Crippen LogP) is 1.93. The number of carboxylic acid groups (broad SMARTS) is 1. The topological polar surface area (TPSA) is 79.3 Å². The van der Waals surface area contributed by atoms with Crippen molar-refractivity contribution in [1.82, 2.24) is 10.3 Å². The third-order valence-electron chi connectivity index (χ3n) is 3.86. The highest BCUT2D eigenvalue weighted by atomic mass is 16.4. The molecule has 108 valence electrons. The maximum atomic E-state index is 12.5. The number of hydrogen-bond acceptors (Lipinski definition) is 3. The minimum Gasteiger partial charge on any atom is -0.480 e. The van der Waals surface area contributed by atoms with Crippen LogP contribution >= 0.6 is 0 Å². The number of para-hydroxylation sites is 1. The first-order valence-electron chi connectivity index (χ1n) is 7.02. The number of aromatic nitrogens is 1. The van der Waals surface area contributed by atoms with Crippen LogP contribution in [0.1, 0.15) is 35.0 Å². The van der Waals surface area contributed by atoms with Gasteiger partial charge >= 0.3 is 5.97 Å². The zero-order valence-corrected chi connectivity index (χ0v) is 11.7. The Hall–Kier alpha value is -2.43. The predicted molar refractivity (Wildman–Crippen MR) is 78.3 cm³/mol. The summed E-state index contributed by atoms with van der Waals surface area (Å²) in [5.74, 6) is -1.37. The number of hydrogen-bond donors (Lipinski definition) is 2. The average Bonchev–Trinajstić information content (AvgIpc) is 2.91. The Morgan fingerprint density at radius 2 is 2.05 bits per heavy atom. The summed E-state index contributed by atoms with van der Waals surface area (Å²) in [4.78, 5) is 28.1. The quantitative estimate of drug-likeness (QED) is 0.902. The van der Waals surface area contributed by atoms with Crippen molar-refractivity contribution in [3.63, 3.8) is 0 Å². The normalized spacial score (nSPS) is 14.7. The number of amides is 1. The molecular formula is C16H16N2O3. The second kappa shape index (κ2) is 5.16. The lowest BCUT2D eigenvalue weighted by molar-refractivity contribution is -0.138. The van der Waals surface area contributed by atoms with Crippen molar-refractivity contribution >= 4 is 22.8 Å². The zero-order chi connectivity index (χ0) is 15.0. The maximum absolute atomic E-state index is 12.5. The van der Waals surface area contributed by atoms with Gasteiger partial charge in [0.1, 0.15) is 6.04 Å². The second-order valence-electron chi connectivity index (χ2n) is 5.32. The van der Waals surface area contributed by atoms with Gasteiger partial charge in [-0.25, -0.2) is 0 Å². The Bertz CT molecular complexity index is 740. The molecule has 1 aromatic heterocycles. The van der Waals surface area contributed by atoms with Crippen molar-refractivity contribution in [2.24, 2.45) is 0 Å². The van der Waals surface area contributed by atoms with Gasteiger partial charge in [-0.2, -0.15) is 0 Å². The summed E-state index contributed by atoms with van der Waals surface area (Å²) in [6.07, 6.45) is 2.67. The minimum absolute atomic E-state index is 0.332. The lowest BCUT2D eigenvalue weighted by Gasteiger charge is -2.14. The van der Waals surface area contributed by atoms with Crippen LogP contribution in [0.25, 0.3) is 10.9 Å². The molecule has 1 aliphatic carbocycles. The van der Waals surface area contributed by atoms with E-state index in [0.29, 0.717) is 5.56 Å². The second-order valence-corrected chi connectivity index (χ2v) is 5.32. The first-order valence-corrected chi connectivity index (χ1v) is 7.02. The highest BCUT2D eigenvalue weighted by molar-refractivity contribution is 6.08. The van der Waals surface area contributed by atoms with Gasteiger partial charge in [-0.15, -0.1) is 0 Å². The minimum atomic E-state index is -1.04. The molecule has 0 unspecified atom stereocenters. The van der Waals surface area contributed by atoms with Crippen molar-refractivity contribution < 1.29 is 14.7 Å². The van der Waals surface area contributed by atoms with Crippen molar-refractivity contribution in [3.05, 3.63) is 41.1 Å². The number of carbonyl (C=O) groups excluding carboxylic acids is 1. The number of carbonyl (C=O) groups is 2. The van der Waals surface area contributed by atoms with E-state index in [9.17, 15) is 9.59 Å². The molecule has 1 aromatic carbocycles. The molecule has 0 saturated heterocycles. The van der Waals surface area contributed by atoms with Gasteiger partial charge in [-0.1, -0.05) is 18.2 Å². The molecule has 0 spiro atoms. The molecule has 1 amide bonds. The molecule has 1 aliphatic rings. The molecule has 1 heterocycles. The van der Waals surface area contributed by atoms with Crippen molar-refractivity contribution in [2.45, 2.75) is 32.2 Å². The number of pyridine rings is 1. The number of fused-ring (bicyclic) bond motifs is 2. The summed E-state index contributed by atoms with van der Waals surface area (Å²) in [6.45, 7) is 1.46. The lowest BCUT2D eigenvalue weighted by atomic mass is 10.0. The Morgan fingerprint density at radius 1 is 1.29 bits per heavy atom. The highest BCUT2D eigenvalue weighted by Gasteiger charge is 2.25. The van der Waals surface area contributed by atoms with Gasteiger partial charge in [-0.05, 0) is 37.8 Å². The van der Waals surface area contributed by atoms with Gasteiger partial charge < -0.3 is 10.4 Å². The third-order valence-corrected chi connectivity index (χ3v) is 3.86. The van der Waals surface area contributed by atoms with E-state index in [4.69, 9.17) is 5.11 Å². The van der Waals surface area contributed by atoms with E-state index in [0.717, 1.165) is 41.4 Å². The number of aryl methyl sites for hydroxylation is 1. The van der Waals surface area contributed by atoms with Gasteiger partial charge in [0.15, 0.2) is 0 Å². The highest BCUT2D eigenvalue weighted by Crippen LogP contribution is 2.29. The first kappa shape index (κ1) is 13.5. The van der Waals surface area contributed by atoms with Crippen LogP contribution in [0.5, 0.6) is 0 Å². The van der Waals surface area contributed by atoms with E-state index < -0.39 is 12.0 Å². The van der Waals surface area contributed by atoms with Crippen LogP contribution in [0.3, 0.4) is 0 Å².